The van der Waals surface area contributed by atoms with E-state index in [1.165, 1.54) is 31.4 Å². The Bertz CT molecular complexity index is 838. The molecule has 0 saturated carbocycles. The highest BCUT2D eigenvalue weighted by Gasteiger charge is 2.23. The molecule has 9 heteroatoms. The first-order chi connectivity index (χ1) is 12.3. The SMILES string of the molecule is COc1ccc(C(=O)N[C@H](CC(=O)O)c2cc([N+](=O)[O-])ccc2Cl)cc1. The van der Waals surface area contributed by atoms with E-state index in [9.17, 15) is 19.7 Å². The summed E-state index contributed by atoms with van der Waals surface area (Å²) < 4.78 is 5.01. The smallest absolute Gasteiger partial charge is 0.305 e. The zero-order valence-electron chi connectivity index (χ0n) is 13.6. The highest BCUT2D eigenvalue weighted by atomic mass is 35.5. The van der Waals surface area contributed by atoms with Crippen LogP contribution in [-0.2, 0) is 4.79 Å². The van der Waals surface area contributed by atoms with Crippen molar-refractivity contribution in [3.63, 3.8) is 0 Å². The van der Waals surface area contributed by atoms with Gasteiger partial charge in [-0.15, -0.1) is 0 Å². The van der Waals surface area contributed by atoms with Gasteiger partial charge in [-0.2, -0.15) is 0 Å². The molecule has 2 aromatic carbocycles. The van der Waals surface area contributed by atoms with E-state index in [4.69, 9.17) is 21.4 Å². The highest BCUT2D eigenvalue weighted by Crippen LogP contribution is 2.29. The summed E-state index contributed by atoms with van der Waals surface area (Å²) in [4.78, 5) is 33.9. The molecule has 26 heavy (non-hydrogen) atoms. The normalized spacial score (nSPS) is 11.5. The third-order valence-electron chi connectivity index (χ3n) is 3.60. The van der Waals surface area contributed by atoms with Crippen molar-refractivity contribution in [1.82, 2.24) is 5.32 Å². The Morgan fingerprint density at radius 2 is 1.92 bits per heavy atom. The Hall–Kier alpha value is -3.13. The number of hydrogen-bond donors (Lipinski definition) is 2. The number of carbonyl (C=O) groups excluding carboxylic acids is 1. The Morgan fingerprint density at radius 3 is 2.46 bits per heavy atom. The van der Waals surface area contributed by atoms with Crippen molar-refractivity contribution in [1.29, 1.82) is 0 Å². The number of benzene rings is 2. The first-order valence-electron chi connectivity index (χ1n) is 7.42. The standard InChI is InChI=1S/C17H15ClN2O6/c1-26-12-5-2-10(3-6-12)17(23)19-15(9-16(21)22)13-8-11(20(24)25)4-7-14(13)18/h2-8,15H,9H2,1H3,(H,19,23)(H,21,22)/t15-/m1/s1. The van der Waals surface area contributed by atoms with Crippen molar-refractivity contribution in [3.8, 4) is 5.75 Å². The molecule has 0 fully saturated rings. The molecule has 0 aliphatic carbocycles. The van der Waals surface area contributed by atoms with Gasteiger partial charge in [-0.05, 0) is 30.3 Å². The number of nitrogens with one attached hydrogen (secondary N) is 1. The van der Waals surface area contributed by atoms with Crippen LogP contribution >= 0.6 is 11.6 Å². The molecule has 2 rings (SSSR count). The maximum absolute atomic E-state index is 12.4. The first kappa shape index (κ1) is 19.2. The van der Waals surface area contributed by atoms with Gasteiger partial charge in [0.15, 0.2) is 0 Å². The fraction of sp³-hybridized carbons (Fsp3) is 0.176. The van der Waals surface area contributed by atoms with E-state index in [-0.39, 0.29) is 21.8 Å². The van der Waals surface area contributed by atoms with Crippen LogP contribution in [-0.4, -0.2) is 29.0 Å². The van der Waals surface area contributed by atoms with E-state index in [1.54, 1.807) is 12.1 Å². The molecule has 0 aromatic heterocycles. The number of carbonyl (C=O) groups is 2. The van der Waals surface area contributed by atoms with Crippen molar-refractivity contribution >= 4 is 29.2 Å². The average Bonchev–Trinajstić information content (AvgIpc) is 2.61. The molecule has 0 radical (unpaired) electrons. The fourth-order valence-electron chi connectivity index (χ4n) is 2.31. The van der Waals surface area contributed by atoms with Crippen LogP contribution in [0, 0.1) is 10.1 Å². The largest absolute Gasteiger partial charge is 0.497 e. The lowest BCUT2D eigenvalue weighted by atomic mass is 10.0. The minimum Gasteiger partial charge on any atom is -0.497 e. The number of aliphatic carboxylic acids is 1. The molecule has 0 bridgehead atoms. The summed E-state index contributed by atoms with van der Waals surface area (Å²) in [5.74, 6) is -1.17. The number of nitro groups is 1. The van der Waals surface area contributed by atoms with Crippen LogP contribution in [0.1, 0.15) is 28.4 Å². The van der Waals surface area contributed by atoms with E-state index in [1.807, 2.05) is 0 Å². The Labute approximate surface area is 153 Å². The lowest BCUT2D eigenvalue weighted by Gasteiger charge is -2.18. The van der Waals surface area contributed by atoms with Crippen molar-refractivity contribution in [2.45, 2.75) is 12.5 Å². The quantitative estimate of drug-likeness (QED) is 0.564. The monoisotopic (exact) mass is 378 g/mol. The third-order valence-corrected chi connectivity index (χ3v) is 3.95. The molecular weight excluding hydrogens is 364 g/mol. The Balaban J connectivity index is 2.32. The molecule has 0 aliphatic heterocycles. The number of methoxy groups -OCH3 is 1. The number of amides is 1. The number of halogens is 1. The van der Waals surface area contributed by atoms with Crippen molar-refractivity contribution in [2.75, 3.05) is 7.11 Å². The number of rotatable bonds is 7. The number of carboxylic acids is 1. The van der Waals surface area contributed by atoms with E-state index in [2.05, 4.69) is 5.32 Å². The van der Waals surface area contributed by atoms with E-state index < -0.39 is 29.3 Å². The predicted octanol–water partition coefficient (Wildman–Crippen LogP) is 3.20. The van der Waals surface area contributed by atoms with Crippen LogP contribution in [0.2, 0.25) is 5.02 Å². The van der Waals surface area contributed by atoms with Gasteiger partial charge in [0, 0.05) is 28.3 Å². The molecule has 8 nitrogen and oxygen atoms in total. The lowest BCUT2D eigenvalue weighted by Crippen LogP contribution is -2.30. The topological polar surface area (TPSA) is 119 Å². The van der Waals surface area contributed by atoms with Crippen molar-refractivity contribution in [2.24, 2.45) is 0 Å². The number of ether oxygens (including phenoxy) is 1. The lowest BCUT2D eigenvalue weighted by molar-refractivity contribution is -0.384. The number of nitrogens with zero attached hydrogens (tertiary/aromatic N) is 1. The number of non-ortho nitro benzene ring substituents is 1. The fourth-order valence-corrected chi connectivity index (χ4v) is 2.56. The summed E-state index contributed by atoms with van der Waals surface area (Å²) in [5.41, 5.74) is 0.186. The minimum atomic E-state index is -1.19. The van der Waals surface area contributed by atoms with E-state index in [0.29, 0.717) is 5.75 Å². The summed E-state index contributed by atoms with van der Waals surface area (Å²) in [6, 6.07) is 8.82. The molecule has 1 atom stereocenters. The molecule has 0 aliphatic rings. The predicted molar refractivity (Wildman–Crippen MR) is 93.6 cm³/mol. The van der Waals surface area contributed by atoms with Crippen LogP contribution in [0.4, 0.5) is 5.69 Å². The molecule has 2 aromatic rings. The van der Waals surface area contributed by atoms with Gasteiger partial charge in [-0.3, -0.25) is 19.7 Å². The number of nitro benzene ring substituents is 1. The zero-order valence-corrected chi connectivity index (χ0v) is 14.4. The molecule has 0 heterocycles. The average molecular weight is 379 g/mol. The van der Waals surface area contributed by atoms with Gasteiger partial charge in [-0.1, -0.05) is 11.6 Å². The van der Waals surface area contributed by atoms with Crippen LogP contribution in [0.5, 0.6) is 5.75 Å². The van der Waals surface area contributed by atoms with Gasteiger partial charge in [0.05, 0.1) is 24.5 Å². The maximum Gasteiger partial charge on any atom is 0.305 e. The molecule has 136 valence electrons. The second kappa shape index (κ2) is 8.30. The second-order valence-corrected chi connectivity index (χ2v) is 5.72. The molecule has 1 amide bonds. The maximum atomic E-state index is 12.4. The summed E-state index contributed by atoms with van der Waals surface area (Å²) in [5, 5.41) is 22.8. The molecule has 0 saturated heterocycles. The second-order valence-electron chi connectivity index (χ2n) is 5.32. The molecule has 0 unspecified atom stereocenters. The van der Waals surface area contributed by atoms with Crippen molar-refractivity contribution < 1.29 is 24.4 Å². The summed E-state index contributed by atoms with van der Waals surface area (Å²) in [6.45, 7) is 0. The Kier molecular flexibility index (Phi) is 6.13. The zero-order chi connectivity index (χ0) is 19.3. The summed E-state index contributed by atoms with van der Waals surface area (Å²) in [7, 11) is 1.49. The van der Waals surface area contributed by atoms with Crippen LogP contribution in [0.25, 0.3) is 0 Å². The van der Waals surface area contributed by atoms with Crippen LogP contribution in [0.3, 0.4) is 0 Å². The molecule has 0 spiro atoms. The van der Waals surface area contributed by atoms with Crippen molar-refractivity contribution in [3.05, 3.63) is 68.7 Å². The van der Waals surface area contributed by atoms with Crippen LogP contribution < -0.4 is 10.1 Å². The Morgan fingerprint density at radius 1 is 1.27 bits per heavy atom. The van der Waals surface area contributed by atoms with Crippen LogP contribution in [0.15, 0.2) is 42.5 Å². The highest BCUT2D eigenvalue weighted by molar-refractivity contribution is 6.31. The third kappa shape index (κ3) is 4.70. The van der Waals surface area contributed by atoms with Gasteiger partial charge < -0.3 is 15.2 Å². The number of carboxylic acid groups (broad SMARTS) is 1. The summed E-state index contributed by atoms with van der Waals surface area (Å²) >= 11 is 6.06. The minimum absolute atomic E-state index is 0.122. The van der Waals surface area contributed by atoms with E-state index >= 15 is 0 Å². The molecule has 2 N–H and O–H groups in total. The number of hydrogen-bond acceptors (Lipinski definition) is 5. The van der Waals surface area contributed by atoms with Gasteiger partial charge >= 0.3 is 5.97 Å². The van der Waals surface area contributed by atoms with Gasteiger partial charge in [-0.25, -0.2) is 0 Å². The molecular formula is C17H15ClN2O6. The van der Waals surface area contributed by atoms with Gasteiger partial charge in [0.2, 0.25) is 0 Å². The first-order valence-corrected chi connectivity index (χ1v) is 7.80. The van der Waals surface area contributed by atoms with Gasteiger partial charge in [0.25, 0.3) is 11.6 Å². The summed E-state index contributed by atoms with van der Waals surface area (Å²) in [6.07, 6.45) is -0.483. The van der Waals surface area contributed by atoms with Gasteiger partial charge in [0.1, 0.15) is 5.75 Å². The van der Waals surface area contributed by atoms with E-state index in [0.717, 1.165) is 6.07 Å².